The molecule has 1 N–H and O–H groups in total. The van der Waals surface area contributed by atoms with Crippen LogP contribution in [0, 0.1) is 0 Å². The third-order valence-electron chi connectivity index (χ3n) is 4.97. The highest BCUT2D eigenvalue weighted by Gasteiger charge is 2.25. The molecular formula is C19H19N7O3S. The molecule has 0 bridgehead atoms. The molecule has 0 radical (unpaired) electrons. The van der Waals surface area contributed by atoms with Crippen molar-refractivity contribution in [3.05, 3.63) is 35.4 Å². The van der Waals surface area contributed by atoms with Gasteiger partial charge in [-0.3, -0.25) is 4.79 Å². The molecule has 1 aliphatic heterocycles. The first-order valence-corrected chi connectivity index (χ1v) is 10.5. The molecule has 1 aliphatic rings. The summed E-state index contributed by atoms with van der Waals surface area (Å²) in [5.41, 5.74) is 2.22. The fourth-order valence-corrected chi connectivity index (χ4v) is 4.06. The summed E-state index contributed by atoms with van der Waals surface area (Å²) in [4.78, 5) is 17.4. The van der Waals surface area contributed by atoms with E-state index in [9.17, 15) is 4.79 Å². The molecule has 1 fully saturated rings. The predicted molar refractivity (Wildman–Crippen MR) is 109 cm³/mol. The van der Waals surface area contributed by atoms with Crippen LogP contribution in [0.2, 0.25) is 0 Å². The summed E-state index contributed by atoms with van der Waals surface area (Å²) in [6, 6.07) is 1.87. The predicted octanol–water partition coefficient (Wildman–Crippen LogP) is 2.67. The van der Waals surface area contributed by atoms with Crippen molar-refractivity contribution in [2.45, 2.75) is 38.8 Å². The van der Waals surface area contributed by atoms with E-state index in [4.69, 9.17) is 9.15 Å². The minimum atomic E-state index is -0.209. The number of ether oxygens (including phenoxy) is 1. The Morgan fingerprint density at radius 2 is 2.27 bits per heavy atom. The number of nitrogens with zero attached hydrogens (tertiary/aromatic N) is 6. The van der Waals surface area contributed by atoms with Crippen molar-refractivity contribution in [3.63, 3.8) is 0 Å². The number of pyridine rings is 1. The van der Waals surface area contributed by atoms with Gasteiger partial charge in [-0.2, -0.15) is 5.10 Å². The molecule has 1 atom stereocenters. The molecule has 0 spiro atoms. The lowest BCUT2D eigenvalue weighted by atomic mass is 10.1. The number of hydrogen-bond acceptors (Lipinski definition) is 10. The maximum Gasteiger partial charge on any atom is 0.307 e. The van der Waals surface area contributed by atoms with Crippen LogP contribution in [-0.2, 0) is 22.5 Å². The third kappa shape index (κ3) is 3.52. The molecule has 1 saturated heterocycles. The Balaban J connectivity index is 1.54. The molecule has 5 heterocycles. The molecule has 0 aliphatic carbocycles. The number of carbonyl (C=O) groups is 1. The zero-order chi connectivity index (χ0) is 20.5. The average molecular weight is 425 g/mol. The van der Waals surface area contributed by atoms with E-state index in [0.717, 1.165) is 28.0 Å². The minimum absolute atomic E-state index is 0.0554. The summed E-state index contributed by atoms with van der Waals surface area (Å²) < 4.78 is 16.9. The quantitative estimate of drug-likeness (QED) is 0.465. The van der Waals surface area contributed by atoms with Crippen LogP contribution in [-0.4, -0.2) is 48.0 Å². The normalized spacial score (nSPS) is 16.7. The van der Waals surface area contributed by atoms with Gasteiger partial charge in [0.05, 0.1) is 42.3 Å². The molecular weight excluding hydrogens is 406 g/mol. The molecule has 0 saturated carbocycles. The Hall–Kier alpha value is -3.34. The van der Waals surface area contributed by atoms with Gasteiger partial charge in [-0.15, -0.1) is 10.2 Å². The van der Waals surface area contributed by atoms with Gasteiger partial charge in [0.15, 0.2) is 5.65 Å². The van der Waals surface area contributed by atoms with E-state index in [1.807, 2.05) is 17.7 Å². The zero-order valence-corrected chi connectivity index (χ0v) is 17.1. The first-order valence-electron chi connectivity index (χ1n) is 9.70. The number of aryl methyl sites for hydroxylation is 1. The van der Waals surface area contributed by atoms with Gasteiger partial charge in [0.25, 0.3) is 5.89 Å². The lowest BCUT2D eigenvalue weighted by Gasteiger charge is -2.24. The number of esters is 1. The van der Waals surface area contributed by atoms with E-state index < -0.39 is 0 Å². The molecule has 1 unspecified atom stereocenters. The van der Waals surface area contributed by atoms with Gasteiger partial charge in [-0.25, -0.2) is 14.0 Å². The largest absolute Gasteiger partial charge is 0.466 e. The number of aromatic nitrogens is 6. The van der Waals surface area contributed by atoms with Crippen molar-refractivity contribution in [2.75, 3.05) is 11.9 Å². The van der Waals surface area contributed by atoms with E-state index in [1.54, 1.807) is 18.6 Å². The number of nitrogens with one attached hydrogen (secondary N) is 1. The fourth-order valence-electron chi connectivity index (χ4n) is 3.50. The van der Waals surface area contributed by atoms with Gasteiger partial charge < -0.3 is 14.5 Å². The second-order valence-electron chi connectivity index (χ2n) is 6.96. The van der Waals surface area contributed by atoms with Gasteiger partial charge >= 0.3 is 5.97 Å². The lowest BCUT2D eigenvalue weighted by molar-refractivity contribution is -0.147. The number of rotatable bonds is 6. The lowest BCUT2D eigenvalue weighted by Crippen LogP contribution is -2.31. The van der Waals surface area contributed by atoms with E-state index in [2.05, 4.69) is 30.0 Å². The zero-order valence-electron chi connectivity index (χ0n) is 16.2. The van der Waals surface area contributed by atoms with E-state index in [-0.39, 0.29) is 12.0 Å². The Labute approximate surface area is 175 Å². The highest BCUT2D eigenvalue weighted by molar-refractivity contribution is 7.05. The summed E-state index contributed by atoms with van der Waals surface area (Å²) in [6.45, 7) is 3.11. The third-order valence-corrected chi connectivity index (χ3v) is 5.71. The number of carbonyl (C=O) groups excluding carboxylic acids is 1. The highest BCUT2D eigenvalue weighted by Crippen LogP contribution is 2.34. The summed E-state index contributed by atoms with van der Waals surface area (Å²) in [5, 5.41) is 17.2. The second-order valence-corrected chi connectivity index (χ2v) is 7.87. The van der Waals surface area contributed by atoms with E-state index in [1.165, 1.54) is 11.5 Å². The van der Waals surface area contributed by atoms with Crippen LogP contribution < -0.4 is 5.32 Å². The Morgan fingerprint density at radius 3 is 3.07 bits per heavy atom. The highest BCUT2D eigenvalue weighted by atomic mass is 32.1. The number of hydrogen-bond donors (Lipinski definition) is 1. The van der Waals surface area contributed by atoms with Crippen molar-refractivity contribution in [2.24, 2.45) is 0 Å². The molecule has 0 aromatic carbocycles. The monoisotopic (exact) mass is 425 g/mol. The van der Waals surface area contributed by atoms with Crippen molar-refractivity contribution in [3.8, 4) is 11.5 Å². The van der Waals surface area contributed by atoms with Gasteiger partial charge in [0, 0.05) is 36.3 Å². The number of anilines is 1. The molecule has 4 aromatic rings. The topological polar surface area (TPSA) is 121 Å². The van der Waals surface area contributed by atoms with Crippen LogP contribution in [0.3, 0.4) is 0 Å². The number of cyclic esters (lactones) is 1. The summed E-state index contributed by atoms with van der Waals surface area (Å²) in [7, 11) is 0. The summed E-state index contributed by atoms with van der Waals surface area (Å²) in [5.74, 6) is 0.666. The molecule has 30 heavy (non-hydrogen) atoms. The average Bonchev–Trinajstić information content (AvgIpc) is 3.49. The van der Waals surface area contributed by atoms with Crippen LogP contribution >= 0.6 is 11.5 Å². The second kappa shape index (κ2) is 7.82. The van der Waals surface area contributed by atoms with Crippen molar-refractivity contribution in [1.82, 2.24) is 29.3 Å². The molecule has 4 aromatic heterocycles. The van der Waals surface area contributed by atoms with Crippen LogP contribution in [0.5, 0.6) is 0 Å². The summed E-state index contributed by atoms with van der Waals surface area (Å²) >= 11 is 1.40. The Bertz CT molecular complexity index is 1180. The molecule has 5 rings (SSSR count). The van der Waals surface area contributed by atoms with Gasteiger partial charge in [0.1, 0.15) is 0 Å². The van der Waals surface area contributed by atoms with E-state index in [0.29, 0.717) is 43.3 Å². The summed E-state index contributed by atoms with van der Waals surface area (Å²) in [6.07, 6.45) is 6.77. The van der Waals surface area contributed by atoms with Gasteiger partial charge in [-0.05, 0) is 24.5 Å². The molecule has 11 heteroatoms. The smallest absolute Gasteiger partial charge is 0.307 e. The van der Waals surface area contributed by atoms with Crippen LogP contribution in [0.25, 0.3) is 22.5 Å². The van der Waals surface area contributed by atoms with Crippen LogP contribution in [0.4, 0.5) is 5.69 Å². The van der Waals surface area contributed by atoms with Crippen molar-refractivity contribution in [1.29, 1.82) is 0 Å². The van der Waals surface area contributed by atoms with Crippen molar-refractivity contribution < 1.29 is 13.9 Å². The van der Waals surface area contributed by atoms with Gasteiger partial charge in [-0.1, -0.05) is 0 Å². The van der Waals surface area contributed by atoms with Crippen LogP contribution in [0.1, 0.15) is 30.5 Å². The van der Waals surface area contributed by atoms with Gasteiger partial charge in [0.2, 0.25) is 5.89 Å². The maximum atomic E-state index is 11.8. The fraction of sp³-hybridized carbons (Fsp3) is 0.368. The molecule has 154 valence electrons. The number of fused-ring (bicyclic) bond motifs is 1. The Kier molecular flexibility index (Phi) is 4.87. The SMILES string of the molecule is CCn1ncc2c(NC3CCOC(=O)C3)c(-c3nnc(Cc4ccns4)o3)cnc21. The van der Waals surface area contributed by atoms with Crippen LogP contribution in [0.15, 0.2) is 29.1 Å². The van der Waals surface area contributed by atoms with Crippen molar-refractivity contribution >= 4 is 34.2 Å². The minimum Gasteiger partial charge on any atom is -0.466 e. The standard InChI is InChI=1S/C19H19N7O3S/c1-2-26-18-13(10-21-26)17(23-11-4-6-28-16(27)7-11)14(9-20-18)19-25-24-15(29-19)8-12-3-5-22-30-12/h3,5,9-11H,2,4,6-8H2,1H3,(H,20,23). The first-order chi connectivity index (χ1) is 14.7. The molecule has 10 nitrogen and oxygen atoms in total. The van der Waals surface area contributed by atoms with E-state index >= 15 is 0 Å². The Morgan fingerprint density at radius 1 is 1.33 bits per heavy atom. The first kappa shape index (κ1) is 18.7. The molecule has 0 amide bonds. The maximum absolute atomic E-state index is 11.8.